The third-order valence-corrected chi connectivity index (χ3v) is 23.6. The standard InChI is InChI=1S/C26H30N2O3.C25H28N2O4.C6H13N.C6H15N.C5H11N.2C5H13N.3C4H9NO.2C4H9N.2C4H11N.2C3H9N.2C2H7N.CH5N.ClH.H3N/c1-4-28(5-2)25(30)20-8-6-19(7-9-20)23-17-26(12-14-27-15-13-26)31-24-11-10-21(18(3)29)16-22(23)24;1-3-27(4-2)23(28)18-7-5-17(6-8-18)21-16-25(11-13-26-14-12-25)31-22-10-9-19(24(29)30)15-20(21)22;1-5-3-4-6(2)7-5;1-5(2)7-6(3)4;1-2-4-6-5-3-1;1-5(2,3)4-6;1-2-3-4-5-6;1-3-6-4-2-5-1;2*6-4-1-2-5-3-4;5-3-4-1-2-4;1-2-4-5-3-1;1-4(2)3-5;1-3-5-4-2;1-3(2)4;1-2-3-4;1-3-2;1-2-3;1-2;;/h6-11,16-17,27H,4-5,12-15H2,1-3H3;5-10,15-16,26H,3-4,11-14H2,1-2H3,(H,29,30);5-7H,3-4H2,1-2H3;5-7H,1-4H3;6H,1-5H2;4,6H2,1-3H3;2-6H2,1H3;5H,1-4H2;2*4-6H,1-3H2;4H,1-3,5H2;5H,1-4H2;4H,3,5H2,1-2H3;5H,3-4H2,1-2H3;3H,4H2,1-2H3;2-4H2,1H3;3H,1-2H3;2-3H2,1H3;2H2,1H3;1H;1H3/t;;5-,6?;;;;;;2*4-;;;;;;;;;;;/m..1.....10.........../s1. The van der Waals surface area contributed by atoms with Crippen LogP contribution < -0.4 is 120 Å². The second-order valence-corrected chi connectivity index (χ2v) is 40.8. The zero-order valence-electron chi connectivity index (χ0n) is 99.5. The van der Waals surface area contributed by atoms with E-state index in [1.165, 1.54) is 110 Å². The number of carboxylic acids is 1. The number of carbonyl (C=O) groups excluding carboxylic acids is 3. The molecule has 1 saturated carbocycles. The number of aliphatic hydroxyl groups is 2. The molecule has 8 saturated heterocycles. The molecule has 33 heteroatoms. The van der Waals surface area contributed by atoms with Crippen LogP contribution in [0.1, 0.15) is 345 Å². The lowest BCUT2D eigenvalue weighted by Gasteiger charge is -2.40. The number of carbonyl (C=O) groups is 4. The average molecular weight is 2140 g/mol. The number of carboxylic acid groups (broad SMARTS) is 1. The molecule has 1 unspecified atom stereocenters. The van der Waals surface area contributed by atoms with Gasteiger partial charge in [0.1, 0.15) is 22.7 Å². The van der Waals surface area contributed by atoms with Gasteiger partial charge in [0.2, 0.25) is 0 Å². The summed E-state index contributed by atoms with van der Waals surface area (Å²) in [5, 5.41) is 61.9. The number of hydrogen-bond acceptors (Lipinski definition) is 29. The van der Waals surface area contributed by atoms with E-state index in [2.05, 4.69) is 180 Å². The van der Waals surface area contributed by atoms with Crippen molar-refractivity contribution >= 4 is 47.1 Å². The first kappa shape index (κ1) is 154. The maximum absolute atomic E-state index is 12.7. The van der Waals surface area contributed by atoms with Crippen LogP contribution in [0, 0.1) is 17.3 Å². The van der Waals surface area contributed by atoms with Gasteiger partial charge in [-0.1, -0.05) is 154 Å². The fraction of sp³-hybridized carbons (Fsp3) is 0.726. The topological polar surface area (TPSA) is 539 Å². The highest BCUT2D eigenvalue weighted by Crippen LogP contribution is 2.45. The molecule has 1 aliphatic carbocycles. The number of halogens is 1. The van der Waals surface area contributed by atoms with Crippen LogP contribution in [0.2, 0.25) is 0 Å². The third kappa shape index (κ3) is 79.4. The SMILES string of the molecule is C1CCNC1.C1CCNCC1.C1COCCN1.CC(C)(C)CN.CC(C)CN.CC(C)N.CC(C)NC(C)C.CC1CC[C@@H](C)N1.CCCCCN.CCCN.CCN.CCN(CC)C(=O)c1ccc(C2=CC3(CCNCC3)Oc3ccc(C(=O)O)cc32)cc1.CCN(CC)C(=O)c1ccc(C2=CC3(CCNCC3)Oc3ccc(C(C)=O)cc32)cc1.CCNCC.CN.CNC.Cl.N.NCC1CC1.O[C@@H]1CCNC1.O[C@H]1CCNC1. The summed E-state index contributed by atoms with van der Waals surface area (Å²) < 4.78 is 17.9. The molecule has 15 rings (SSSR count). The molecule has 0 bridgehead atoms. The molecule has 4 aromatic carbocycles. The van der Waals surface area contributed by atoms with Gasteiger partial charge in [-0.25, -0.2) is 4.79 Å². The molecule has 0 radical (unpaired) electrons. The van der Waals surface area contributed by atoms with E-state index >= 15 is 0 Å². The second kappa shape index (κ2) is 99.2. The Bertz CT molecular complexity index is 3590. The highest BCUT2D eigenvalue weighted by atomic mass is 35.5. The normalized spacial score (nSPS) is 17.8. The average Bonchev–Trinajstić information content (AvgIpc) is 1.12. The number of piperidine rings is 3. The van der Waals surface area contributed by atoms with Crippen molar-refractivity contribution in [3.05, 3.63) is 142 Å². The van der Waals surface area contributed by atoms with Crippen molar-refractivity contribution in [3.63, 3.8) is 0 Å². The van der Waals surface area contributed by atoms with E-state index in [1.54, 1.807) is 30.0 Å². The predicted molar refractivity (Wildman–Crippen MR) is 644 cm³/mol. The van der Waals surface area contributed by atoms with Crippen molar-refractivity contribution in [3.8, 4) is 11.5 Å². The molecule has 4 aromatic rings. The fourth-order valence-corrected chi connectivity index (χ4v) is 14.9. The van der Waals surface area contributed by atoms with Gasteiger partial charge in [-0.05, 0) is 383 Å². The van der Waals surface area contributed by atoms with Crippen LogP contribution in [0.25, 0.3) is 11.1 Å². The molecule has 10 aliphatic heterocycles. The molecule has 10 heterocycles. The van der Waals surface area contributed by atoms with Crippen LogP contribution in [0.5, 0.6) is 11.5 Å². The Balaban J connectivity index is -0.000000395. The Labute approximate surface area is 920 Å². The number of Topliss-reactive ketones (excluding diaryl/α,β-unsaturated/α-hetero) is 1. The summed E-state index contributed by atoms with van der Waals surface area (Å²) in [6, 6.07) is 29.2. The molecule has 0 aromatic heterocycles. The number of unbranched alkanes of at least 4 members (excludes halogenated alkanes) is 2. The summed E-state index contributed by atoms with van der Waals surface area (Å²) in [5.74, 6) is 2.21. The van der Waals surface area contributed by atoms with Gasteiger partial charge in [0.05, 0.1) is 31.0 Å². The van der Waals surface area contributed by atoms with E-state index in [0.29, 0.717) is 78.1 Å². The van der Waals surface area contributed by atoms with Crippen LogP contribution >= 0.6 is 12.4 Å². The van der Waals surface area contributed by atoms with Gasteiger partial charge in [0, 0.05) is 130 Å². The molecule has 9 fully saturated rings. The molecule has 2 amide bonds. The molecule has 11 aliphatic rings. The number of ketones is 1. The number of rotatable bonds is 20. The molecule has 150 heavy (non-hydrogen) atoms. The number of benzene rings is 4. The summed E-state index contributed by atoms with van der Waals surface area (Å²) in [7, 11) is 5.25. The summed E-state index contributed by atoms with van der Waals surface area (Å²) in [6.45, 7) is 73.1. The number of β-amino-alcohol motifs (C(OH)–C–C–N with tert-alkyl or cyclic N) is 2. The van der Waals surface area contributed by atoms with Crippen molar-refractivity contribution in [1.82, 2.24) is 74.4 Å². The maximum atomic E-state index is 12.7. The van der Waals surface area contributed by atoms with E-state index in [9.17, 15) is 24.3 Å². The number of ether oxygens (including phenoxy) is 3. The third-order valence-electron chi connectivity index (χ3n) is 23.6. The molecule has 4 atom stereocenters. The van der Waals surface area contributed by atoms with Gasteiger partial charge < -0.3 is 150 Å². The van der Waals surface area contributed by atoms with Crippen LogP contribution in [0.3, 0.4) is 0 Å². The zero-order valence-corrected chi connectivity index (χ0v) is 100. The summed E-state index contributed by atoms with van der Waals surface area (Å²) >= 11 is 0. The molecule has 2 spiro atoms. The lowest BCUT2D eigenvalue weighted by Crippen LogP contribution is -2.46. The van der Waals surface area contributed by atoms with Crippen molar-refractivity contribution in [2.45, 2.75) is 335 Å². The van der Waals surface area contributed by atoms with Gasteiger partial charge in [-0.2, -0.15) is 0 Å². The van der Waals surface area contributed by atoms with Gasteiger partial charge in [-0.3, -0.25) is 14.4 Å². The predicted octanol–water partition coefficient (Wildman–Crippen LogP) is 14.5. The van der Waals surface area contributed by atoms with Gasteiger partial charge in [-0.15, -0.1) is 12.4 Å². The lowest BCUT2D eigenvalue weighted by molar-refractivity contribution is 0.0693. The first-order chi connectivity index (χ1) is 70.7. The minimum atomic E-state index is -0.968. The highest BCUT2D eigenvalue weighted by molar-refractivity contribution is 5.98. The zero-order chi connectivity index (χ0) is 113. The smallest absolute Gasteiger partial charge is 0.335 e. The number of morpholine rings is 1. The minimum Gasteiger partial charge on any atom is -0.482 e. The number of nitrogens with one attached hydrogen (secondary N) is 11. The number of aliphatic hydroxyl groups excluding tert-OH is 2. The molecule has 876 valence electrons. The number of amides is 2. The van der Waals surface area contributed by atoms with Crippen LogP contribution in [0.4, 0.5) is 0 Å². The Morgan fingerprint density at radius 2 is 0.820 bits per heavy atom. The first-order valence-electron chi connectivity index (χ1n) is 56.6. The van der Waals surface area contributed by atoms with Crippen LogP contribution in [-0.4, -0.2) is 307 Å². The van der Waals surface area contributed by atoms with E-state index in [1.807, 2.05) is 134 Å². The van der Waals surface area contributed by atoms with Crippen LogP contribution in [-0.2, 0) is 4.74 Å². The van der Waals surface area contributed by atoms with Crippen LogP contribution in [0.15, 0.2) is 97.1 Å². The van der Waals surface area contributed by atoms with E-state index < -0.39 is 11.6 Å². The first-order valence-corrected chi connectivity index (χ1v) is 56.6. The molecular formula is C117H231ClN22O10. The summed E-state index contributed by atoms with van der Waals surface area (Å²) in [5.41, 5.74) is 47.9. The molecule has 32 nitrogen and oxygen atoms in total. The molecular weight excluding hydrogens is 1910 g/mol. The largest absolute Gasteiger partial charge is 0.482 e. The monoisotopic (exact) mass is 2140 g/mol. The van der Waals surface area contributed by atoms with Crippen molar-refractivity contribution in [2.24, 2.45) is 63.1 Å². The minimum absolute atomic E-state index is 0. The number of nitrogens with zero attached hydrogens (tertiary/aromatic N) is 2. The number of hydrogen-bond donors (Lipinski definition) is 23. The van der Waals surface area contributed by atoms with Crippen molar-refractivity contribution < 1.29 is 48.7 Å². The Morgan fingerprint density at radius 3 is 1.01 bits per heavy atom. The number of aromatic carboxylic acids is 1. The van der Waals surface area contributed by atoms with E-state index in [4.69, 9.17) is 64.6 Å². The maximum Gasteiger partial charge on any atom is 0.335 e. The Kier molecular flexibility index (Phi) is 102. The Hall–Kier alpha value is -6.59. The van der Waals surface area contributed by atoms with E-state index in [-0.39, 0.29) is 59.5 Å². The fourth-order valence-electron chi connectivity index (χ4n) is 14.9. The second-order valence-electron chi connectivity index (χ2n) is 40.8. The lowest BCUT2D eigenvalue weighted by atomic mass is 9.82. The van der Waals surface area contributed by atoms with Gasteiger partial charge >= 0.3 is 5.97 Å². The van der Waals surface area contributed by atoms with Crippen molar-refractivity contribution in [2.75, 3.05) is 205 Å². The van der Waals surface area contributed by atoms with E-state index in [0.717, 1.165) is 233 Å². The van der Waals surface area contributed by atoms with Crippen molar-refractivity contribution in [1.29, 1.82) is 0 Å². The van der Waals surface area contributed by atoms with Gasteiger partial charge in [0.25, 0.3) is 11.8 Å². The highest BCUT2D eigenvalue weighted by Gasteiger charge is 2.39. The summed E-state index contributed by atoms with van der Waals surface area (Å²) in [4.78, 5) is 52.5. The van der Waals surface area contributed by atoms with Gasteiger partial charge in [0.15, 0.2) is 5.78 Å². The quantitative estimate of drug-likeness (QED) is 0.0289. The summed E-state index contributed by atoms with van der Waals surface area (Å²) in [6.07, 6.45) is 26.9. The molecule has 33 N–H and O–H groups in total. The Morgan fingerprint density at radius 1 is 0.487 bits per heavy atom. The number of fused-ring (bicyclic) bond motifs is 2. The number of nitrogens with two attached hydrogens (primary N) is 8.